The molecule has 8 heteroatoms. The van der Waals surface area contributed by atoms with Gasteiger partial charge in [-0.3, -0.25) is 19.4 Å². The number of aromatic amines is 1. The minimum atomic E-state index is -0.0101. The van der Waals surface area contributed by atoms with Crippen LogP contribution >= 0.6 is 12.2 Å². The summed E-state index contributed by atoms with van der Waals surface area (Å²) in [5, 5.41) is 10.3. The van der Waals surface area contributed by atoms with Crippen molar-refractivity contribution in [2.75, 3.05) is 26.3 Å². The molecule has 168 valence electrons. The topological polar surface area (TPSA) is 75.2 Å². The van der Waals surface area contributed by atoms with Crippen molar-refractivity contribution in [3.63, 3.8) is 0 Å². The van der Waals surface area contributed by atoms with Gasteiger partial charge in [0, 0.05) is 44.7 Å². The molecule has 2 N–H and O–H groups in total. The average molecular weight is 452 g/mol. The van der Waals surface area contributed by atoms with Gasteiger partial charge in [0.1, 0.15) is 0 Å². The molecule has 1 fully saturated rings. The summed E-state index contributed by atoms with van der Waals surface area (Å²) >= 11 is 5.39. The van der Waals surface area contributed by atoms with Crippen LogP contribution in [0.15, 0.2) is 48.5 Å². The van der Waals surface area contributed by atoms with E-state index in [-0.39, 0.29) is 5.91 Å². The van der Waals surface area contributed by atoms with Crippen LogP contribution in [0.1, 0.15) is 23.1 Å². The maximum Gasteiger partial charge on any atom is 0.222 e. The number of H-pyrrole nitrogens is 1. The van der Waals surface area contributed by atoms with E-state index in [0.717, 1.165) is 49.8 Å². The summed E-state index contributed by atoms with van der Waals surface area (Å²) in [5.74, 6) is 0.739. The molecule has 0 aliphatic carbocycles. The van der Waals surface area contributed by atoms with E-state index in [0.29, 0.717) is 24.3 Å². The third kappa shape index (κ3) is 5.70. The van der Waals surface area contributed by atoms with Gasteiger partial charge < -0.3 is 10.1 Å². The largest absolute Gasteiger partial charge is 0.379 e. The van der Waals surface area contributed by atoms with Gasteiger partial charge in [0.05, 0.1) is 13.2 Å². The van der Waals surface area contributed by atoms with Crippen molar-refractivity contribution in [1.82, 2.24) is 25.0 Å². The minimum Gasteiger partial charge on any atom is -0.379 e. The van der Waals surface area contributed by atoms with Crippen LogP contribution in [0.4, 0.5) is 0 Å². The summed E-state index contributed by atoms with van der Waals surface area (Å²) in [6, 6.07) is 16.4. The minimum absolute atomic E-state index is 0.0101. The predicted molar refractivity (Wildman–Crippen MR) is 127 cm³/mol. The number of aromatic nitrogens is 3. The van der Waals surface area contributed by atoms with Gasteiger partial charge >= 0.3 is 0 Å². The standard InChI is InChI=1S/C24H29N5O2S/c1-18-6-8-19(9-7-18)23-26-27-24(32)29(23)11-10-22(30)25-16-20-4-2-3-5-21(20)17-28-12-14-31-15-13-28/h2-9H,10-17H2,1H3,(H,25,30)(H,27,32). The molecule has 32 heavy (non-hydrogen) atoms. The Kier molecular flexibility index (Phi) is 7.47. The highest BCUT2D eigenvalue weighted by molar-refractivity contribution is 7.71. The molecule has 0 spiro atoms. The van der Waals surface area contributed by atoms with Gasteiger partial charge in [-0.05, 0) is 30.3 Å². The van der Waals surface area contributed by atoms with Gasteiger partial charge in [-0.15, -0.1) is 0 Å². The van der Waals surface area contributed by atoms with Crippen LogP contribution in [-0.4, -0.2) is 51.9 Å². The van der Waals surface area contributed by atoms with Crippen molar-refractivity contribution in [1.29, 1.82) is 0 Å². The Bertz CT molecular complexity index is 1100. The van der Waals surface area contributed by atoms with Crippen molar-refractivity contribution in [3.05, 3.63) is 70.0 Å². The maximum absolute atomic E-state index is 12.6. The Labute approximate surface area is 193 Å². The Hall–Kier alpha value is -2.81. The number of carbonyl (C=O) groups is 1. The molecule has 0 radical (unpaired) electrons. The first-order chi connectivity index (χ1) is 15.6. The number of hydrogen-bond acceptors (Lipinski definition) is 5. The van der Waals surface area contributed by atoms with Crippen molar-refractivity contribution in [2.45, 2.75) is 33.0 Å². The summed E-state index contributed by atoms with van der Waals surface area (Å²) in [6.07, 6.45) is 0.332. The first kappa shape index (κ1) is 22.4. The van der Waals surface area contributed by atoms with Crippen LogP contribution in [-0.2, 0) is 29.2 Å². The number of ether oxygens (including phenoxy) is 1. The number of nitrogens with zero attached hydrogens (tertiary/aromatic N) is 3. The average Bonchev–Trinajstić information content (AvgIpc) is 3.18. The molecule has 0 unspecified atom stereocenters. The molecule has 4 rings (SSSR count). The Morgan fingerprint density at radius 2 is 1.84 bits per heavy atom. The molecule has 3 aromatic rings. The zero-order valence-electron chi connectivity index (χ0n) is 18.3. The number of amides is 1. The Morgan fingerprint density at radius 1 is 1.12 bits per heavy atom. The van der Waals surface area contributed by atoms with E-state index in [9.17, 15) is 4.79 Å². The molecule has 1 aliphatic rings. The lowest BCUT2D eigenvalue weighted by Gasteiger charge is -2.27. The second-order valence-electron chi connectivity index (χ2n) is 8.05. The third-order valence-electron chi connectivity index (χ3n) is 5.72. The quantitative estimate of drug-likeness (QED) is 0.513. The molecule has 0 saturated carbocycles. The van der Waals surface area contributed by atoms with Crippen LogP contribution < -0.4 is 5.32 Å². The molecular weight excluding hydrogens is 422 g/mol. The number of rotatable bonds is 8. The van der Waals surface area contributed by atoms with Crippen LogP contribution in [0.2, 0.25) is 0 Å². The number of aryl methyl sites for hydroxylation is 1. The van der Waals surface area contributed by atoms with Gasteiger partial charge in [-0.25, -0.2) is 0 Å². The summed E-state index contributed by atoms with van der Waals surface area (Å²) in [6.45, 7) is 7.34. The predicted octanol–water partition coefficient (Wildman–Crippen LogP) is 3.45. The van der Waals surface area contributed by atoms with Crippen LogP contribution in [0.25, 0.3) is 11.4 Å². The molecule has 1 saturated heterocycles. The van der Waals surface area contributed by atoms with E-state index in [2.05, 4.69) is 32.5 Å². The molecule has 2 aromatic carbocycles. The van der Waals surface area contributed by atoms with Gasteiger partial charge in [-0.2, -0.15) is 5.10 Å². The molecule has 0 bridgehead atoms. The van der Waals surface area contributed by atoms with Crippen molar-refractivity contribution < 1.29 is 9.53 Å². The molecule has 1 amide bonds. The maximum atomic E-state index is 12.6. The second-order valence-corrected chi connectivity index (χ2v) is 8.44. The first-order valence-electron chi connectivity index (χ1n) is 11.0. The second kappa shape index (κ2) is 10.7. The smallest absolute Gasteiger partial charge is 0.222 e. The monoisotopic (exact) mass is 451 g/mol. The molecule has 1 aromatic heterocycles. The Balaban J connectivity index is 1.34. The zero-order chi connectivity index (χ0) is 22.3. The van der Waals surface area contributed by atoms with Crippen LogP contribution in [0.3, 0.4) is 0 Å². The van der Waals surface area contributed by atoms with Crippen molar-refractivity contribution in [3.8, 4) is 11.4 Å². The van der Waals surface area contributed by atoms with E-state index in [1.807, 2.05) is 47.9 Å². The summed E-state index contributed by atoms with van der Waals surface area (Å²) in [5.41, 5.74) is 4.55. The summed E-state index contributed by atoms with van der Waals surface area (Å²) in [4.78, 5) is 15.0. The lowest BCUT2D eigenvalue weighted by molar-refractivity contribution is -0.121. The van der Waals surface area contributed by atoms with Crippen molar-refractivity contribution in [2.24, 2.45) is 0 Å². The molecular formula is C24H29N5O2S. The van der Waals surface area contributed by atoms with Gasteiger partial charge in [-0.1, -0.05) is 54.1 Å². The number of hydrogen-bond donors (Lipinski definition) is 2. The zero-order valence-corrected chi connectivity index (χ0v) is 19.2. The third-order valence-corrected chi connectivity index (χ3v) is 6.03. The lowest BCUT2D eigenvalue weighted by atomic mass is 10.1. The molecule has 7 nitrogen and oxygen atoms in total. The fraction of sp³-hybridized carbons (Fsp3) is 0.375. The molecule has 2 heterocycles. The van der Waals surface area contributed by atoms with Gasteiger partial charge in [0.25, 0.3) is 0 Å². The lowest BCUT2D eigenvalue weighted by Crippen LogP contribution is -2.36. The van der Waals surface area contributed by atoms with E-state index in [1.165, 1.54) is 11.1 Å². The fourth-order valence-electron chi connectivity index (χ4n) is 3.83. The highest BCUT2D eigenvalue weighted by atomic mass is 32.1. The van der Waals surface area contributed by atoms with Crippen molar-refractivity contribution >= 4 is 18.1 Å². The van der Waals surface area contributed by atoms with Crippen LogP contribution in [0.5, 0.6) is 0 Å². The highest BCUT2D eigenvalue weighted by Gasteiger charge is 2.14. The van der Waals surface area contributed by atoms with Crippen LogP contribution in [0, 0.1) is 11.7 Å². The Morgan fingerprint density at radius 3 is 2.59 bits per heavy atom. The molecule has 0 atom stereocenters. The number of benzene rings is 2. The summed E-state index contributed by atoms with van der Waals surface area (Å²) in [7, 11) is 0. The number of nitrogens with one attached hydrogen (secondary N) is 2. The van der Waals surface area contributed by atoms with E-state index >= 15 is 0 Å². The van der Waals surface area contributed by atoms with E-state index in [1.54, 1.807) is 0 Å². The normalized spacial score (nSPS) is 14.4. The fourth-order valence-corrected chi connectivity index (χ4v) is 4.05. The molecule has 1 aliphatic heterocycles. The van der Waals surface area contributed by atoms with E-state index in [4.69, 9.17) is 17.0 Å². The van der Waals surface area contributed by atoms with Gasteiger partial charge in [0.2, 0.25) is 5.91 Å². The highest BCUT2D eigenvalue weighted by Crippen LogP contribution is 2.18. The number of carbonyl (C=O) groups excluding carboxylic acids is 1. The SMILES string of the molecule is Cc1ccc(-c2n[nH]c(=S)n2CCC(=O)NCc2ccccc2CN2CCOCC2)cc1. The number of morpholine rings is 1. The summed E-state index contributed by atoms with van der Waals surface area (Å²) < 4.78 is 7.84. The van der Waals surface area contributed by atoms with E-state index < -0.39 is 0 Å². The van der Waals surface area contributed by atoms with Gasteiger partial charge in [0.15, 0.2) is 10.6 Å². The first-order valence-corrected chi connectivity index (χ1v) is 11.4.